The molecule has 0 aliphatic carbocycles. The highest BCUT2D eigenvalue weighted by Crippen LogP contribution is 2.19. The standard InChI is InChI=1S/C16H26N2O3S/c1-6-13(5)17-16(19)15-11-14(10-9-12(15)4)22(20,21)18(7-2)8-3/h9-11,13H,6-8H2,1-5H3,(H,17,19). The second kappa shape index (κ2) is 7.74. The maximum atomic E-state index is 12.6. The van der Waals surface area contributed by atoms with Crippen LogP contribution in [0.4, 0.5) is 0 Å². The molecule has 0 aliphatic heterocycles. The van der Waals surface area contributed by atoms with E-state index >= 15 is 0 Å². The number of nitrogens with zero attached hydrogens (tertiary/aromatic N) is 1. The molecule has 1 rings (SSSR count). The molecule has 1 atom stereocenters. The molecule has 5 nitrogen and oxygen atoms in total. The minimum absolute atomic E-state index is 0.0509. The monoisotopic (exact) mass is 326 g/mol. The predicted octanol–water partition coefficient (Wildman–Crippen LogP) is 2.55. The minimum Gasteiger partial charge on any atom is -0.350 e. The highest BCUT2D eigenvalue weighted by Gasteiger charge is 2.23. The molecular formula is C16H26N2O3S. The SMILES string of the molecule is CCC(C)NC(=O)c1cc(S(=O)(=O)N(CC)CC)ccc1C. The molecule has 22 heavy (non-hydrogen) atoms. The topological polar surface area (TPSA) is 66.5 Å². The molecule has 0 aliphatic rings. The van der Waals surface area contributed by atoms with Crippen LogP contribution in [0.25, 0.3) is 0 Å². The number of sulfonamides is 1. The first-order valence-electron chi connectivity index (χ1n) is 7.69. The summed E-state index contributed by atoms with van der Waals surface area (Å²) < 4.78 is 26.5. The van der Waals surface area contributed by atoms with E-state index in [1.165, 1.54) is 10.4 Å². The number of hydrogen-bond donors (Lipinski definition) is 1. The van der Waals surface area contributed by atoms with E-state index in [1.807, 2.05) is 13.8 Å². The van der Waals surface area contributed by atoms with Gasteiger partial charge in [0.1, 0.15) is 0 Å². The summed E-state index contributed by atoms with van der Waals surface area (Å²) in [4.78, 5) is 12.5. The van der Waals surface area contributed by atoms with E-state index in [0.29, 0.717) is 18.7 Å². The van der Waals surface area contributed by atoms with Gasteiger partial charge in [0.05, 0.1) is 4.90 Å². The maximum absolute atomic E-state index is 12.6. The van der Waals surface area contributed by atoms with Crippen LogP contribution in [-0.4, -0.2) is 37.8 Å². The van der Waals surface area contributed by atoms with Gasteiger partial charge in [-0.05, 0) is 38.0 Å². The van der Waals surface area contributed by atoms with Crippen molar-refractivity contribution in [1.82, 2.24) is 9.62 Å². The lowest BCUT2D eigenvalue weighted by molar-refractivity contribution is 0.0938. The molecule has 0 bridgehead atoms. The van der Waals surface area contributed by atoms with E-state index < -0.39 is 10.0 Å². The number of rotatable bonds is 7. The summed E-state index contributed by atoms with van der Waals surface area (Å²) in [5.74, 6) is -0.233. The molecule has 0 fully saturated rings. The Bertz CT molecular complexity index is 622. The van der Waals surface area contributed by atoms with Gasteiger partial charge in [-0.3, -0.25) is 4.79 Å². The van der Waals surface area contributed by atoms with Gasteiger partial charge in [0.2, 0.25) is 10.0 Å². The van der Waals surface area contributed by atoms with Crippen molar-refractivity contribution in [2.45, 2.75) is 52.0 Å². The maximum Gasteiger partial charge on any atom is 0.251 e. The summed E-state index contributed by atoms with van der Waals surface area (Å²) in [7, 11) is -3.55. The number of carbonyl (C=O) groups excluding carboxylic acids is 1. The third kappa shape index (κ3) is 4.08. The van der Waals surface area contributed by atoms with E-state index in [0.717, 1.165) is 12.0 Å². The fraction of sp³-hybridized carbons (Fsp3) is 0.562. The van der Waals surface area contributed by atoms with Crippen LogP contribution in [0.5, 0.6) is 0 Å². The smallest absolute Gasteiger partial charge is 0.251 e. The van der Waals surface area contributed by atoms with Crippen LogP contribution in [0.1, 0.15) is 50.0 Å². The summed E-state index contributed by atoms with van der Waals surface area (Å²) in [6.45, 7) is 10.1. The Morgan fingerprint density at radius 2 is 1.82 bits per heavy atom. The van der Waals surface area contributed by atoms with Gasteiger partial charge in [-0.1, -0.05) is 26.8 Å². The molecule has 1 unspecified atom stereocenters. The van der Waals surface area contributed by atoms with Crippen molar-refractivity contribution in [3.8, 4) is 0 Å². The van der Waals surface area contributed by atoms with E-state index in [-0.39, 0.29) is 16.8 Å². The van der Waals surface area contributed by atoms with Crippen molar-refractivity contribution >= 4 is 15.9 Å². The number of amides is 1. The zero-order valence-corrected chi connectivity index (χ0v) is 14.8. The summed E-state index contributed by atoms with van der Waals surface area (Å²) in [6.07, 6.45) is 0.822. The highest BCUT2D eigenvalue weighted by atomic mass is 32.2. The first kappa shape index (κ1) is 18.6. The van der Waals surface area contributed by atoms with Crippen LogP contribution >= 0.6 is 0 Å². The Labute approximate surface area is 133 Å². The number of carbonyl (C=O) groups is 1. The quantitative estimate of drug-likeness (QED) is 0.837. The molecule has 124 valence electrons. The Hall–Kier alpha value is -1.40. The zero-order chi connectivity index (χ0) is 16.9. The van der Waals surface area contributed by atoms with Gasteiger partial charge >= 0.3 is 0 Å². The van der Waals surface area contributed by atoms with E-state index in [4.69, 9.17) is 0 Å². The van der Waals surface area contributed by atoms with Crippen LogP contribution in [0, 0.1) is 6.92 Å². The van der Waals surface area contributed by atoms with Gasteiger partial charge in [-0.25, -0.2) is 8.42 Å². The van der Waals surface area contributed by atoms with Crippen molar-refractivity contribution in [3.63, 3.8) is 0 Å². The zero-order valence-electron chi connectivity index (χ0n) is 14.0. The first-order chi connectivity index (χ1) is 10.3. The van der Waals surface area contributed by atoms with Gasteiger partial charge in [0.15, 0.2) is 0 Å². The summed E-state index contributed by atoms with van der Waals surface area (Å²) in [6, 6.07) is 4.76. The van der Waals surface area contributed by atoms with Crippen molar-refractivity contribution in [2.24, 2.45) is 0 Å². The van der Waals surface area contributed by atoms with E-state index in [9.17, 15) is 13.2 Å². The van der Waals surface area contributed by atoms with Crippen LogP contribution in [0.15, 0.2) is 23.1 Å². The third-order valence-electron chi connectivity index (χ3n) is 3.79. The van der Waals surface area contributed by atoms with Gasteiger partial charge in [-0.2, -0.15) is 4.31 Å². The summed E-state index contributed by atoms with van der Waals surface area (Å²) in [5.41, 5.74) is 1.17. The molecule has 0 saturated carbocycles. The van der Waals surface area contributed by atoms with Gasteiger partial charge in [0, 0.05) is 24.7 Å². The first-order valence-corrected chi connectivity index (χ1v) is 9.13. The number of nitrogens with one attached hydrogen (secondary N) is 1. The molecule has 0 heterocycles. The normalized spacial score (nSPS) is 13.2. The Balaban J connectivity index is 3.22. The molecule has 1 N–H and O–H groups in total. The summed E-state index contributed by atoms with van der Waals surface area (Å²) in [5, 5.41) is 2.88. The average molecular weight is 326 g/mol. The fourth-order valence-corrected chi connectivity index (χ4v) is 3.61. The molecule has 1 aromatic rings. The number of benzene rings is 1. The van der Waals surface area contributed by atoms with Crippen LogP contribution in [0.3, 0.4) is 0 Å². The minimum atomic E-state index is -3.55. The lowest BCUT2D eigenvalue weighted by Crippen LogP contribution is -2.33. The largest absolute Gasteiger partial charge is 0.350 e. The number of hydrogen-bond acceptors (Lipinski definition) is 3. The molecular weight excluding hydrogens is 300 g/mol. The molecule has 0 aromatic heterocycles. The van der Waals surface area contributed by atoms with Crippen LogP contribution in [0.2, 0.25) is 0 Å². The molecule has 1 amide bonds. The van der Waals surface area contributed by atoms with Crippen LogP contribution in [-0.2, 0) is 10.0 Å². The lowest BCUT2D eigenvalue weighted by Gasteiger charge is -2.19. The summed E-state index contributed by atoms with van der Waals surface area (Å²) >= 11 is 0. The van der Waals surface area contributed by atoms with Gasteiger partial charge in [0.25, 0.3) is 5.91 Å². The van der Waals surface area contributed by atoms with Crippen molar-refractivity contribution in [3.05, 3.63) is 29.3 Å². The number of aryl methyl sites for hydroxylation is 1. The molecule has 0 spiro atoms. The van der Waals surface area contributed by atoms with E-state index in [2.05, 4.69) is 5.32 Å². The predicted molar refractivity (Wildman–Crippen MR) is 88.5 cm³/mol. The molecule has 0 saturated heterocycles. The van der Waals surface area contributed by atoms with E-state index in [1.54, 1.807) is 32.9 Å². The van der Waals surface area contributed by atoms with Gasteiger partial charge < -0.3 is 5.32 Å². The molecule has 6 heteroatoms. The Morgan fingerprint density at radius 1 is 1.23 bits per heavy atom. The Kier molecular flexibility index (Phi) is 6.56. The Morgan fingerprint density at radius 3 is 2.32 bits per heavy atom. The van der Waals surface area contributed by atoms with Crippen molar-refractivity contribution in [2.75, 3.05) is 13.1 Å². The second-order valence-electron chi connectivity index (χ2n) is 5.35. The molecule has 0 radical (unpaired) electrons. The average Bonchev–Trinajstić information content (AvgIpc) is 2.48. The highest BCUT2D eigenvalue weighted by molar-refractivity contribution is 7.89. The van der Waals surface area contributed by atoms with Crippen LogP contribution < -0.4 is 5.32 Å². The second-order valence-corrected chi connectivity index (χ2v) is 7.29. The molecule has 1 aromatic carbocycles. The van der Waals surface area contributed by atoms with Crippen molar-refractivity contribution in [1.29, 1.82) is 0 Å². The third-order valence-corrected chi connectivity index (χ3v) is 5.83. The van der Waals surface area contributed by atoms with Gasteiger partial charge in [-0.15, -0.1) is 0 Å². The van der Waals surface area contributed by atoms with Crippen molar-refractivity contribution < 1.29 is 13.2 Å². The lowest BCUT2D eigenvalue weighted by atomic mass is 10.1. The fourth-order valence-electron chi connectivity index (χ4n) is 2.12.